The Morgan fingerprint density at radius 1 is 1.00 bits per heavy atom. The highest BCUT2D eigenvalue weighted by Gasteiger charge is 2.25. The summed E-state index contributed by atoms with van der Waals surface area (Å²) >= 11 is 0. The maximum Gasteiger partial charge on any atom is 0.389 e. The van der Waals surface area contributed by atoms with Crippen molar-refractivity contribution >= 4 is 0 Å². The van der Waals surface area contributed by atoms with Crippen LogP contribution in [0.15, 0.2) is 0 Å². The van der Waals surface area contributed by atoms with Crippen molar-refractivity contribution in [2.24, 2.45) is 0 Å². The third-order valence-electron chi connectivity index (χ3n) is 1.21. The van der Waals surface area contributed by atoms with E-state index in [1.807, 2.05) is 0 Å². The second-order valence-corrected chi connectivity index (χ2v) is 2.28. The van der Waals surface area contributed by atoms with E-state index in [1.54, 1.807) is 0 Å². The Bertz CT molecular complexity index is 75.4. The van der Waals surface area contributed by atoms with Gasteiger partial charge in [0.15, 0.2) is 0 Å². The van der Waals surface area contributed by atoms with Gasteiger partial charge in [0.1, 0.15) is 0 Å². The lowest BCUT2D eigenvalue weighted by Crippen LogP contribution is -2.06. The van der Waals surface area contributed by atoms with Crippen LogP contribution < -0.4 is 0 Å². The second-order valence-electron chi connectivity index (χ2n) is 2.28. The van der Waals surface area contributed by atoms with Crippen LogP contribution >= 0.6 is 0 Å². The molecule has 1 radical (unpaired) electrons. The van der Waals surface area contributed by atoms with Crippen LogP contribution in [-0.4, -0.2) is 6.18 Å². The van der Waals surface area contributed by atoms with Crippen molar-refractivity contribution < 1.29 is 13.2 Å². The predicted octanol–water partition coefficient (Wildman–Crippen LogP) is 3.33. The molecule has 61 valence electrons. The summed E-state index contributed by atoms with van der Waals surface area (Å²) in [6.45, 7) is 3.54. The van der Waals surface area contributed by atoms with Crippen LogP contribution in [0.4, 0.5) is 13.2 Å². The zero-order valence-electron chi connectivity index (χ0n) is 5.88. The normalized spacial score (nSPS) is 12.0. The first-order chi connectivity index (χ1) is 4.56. The van der Waals surface area contributed by atoms with Gasteiger partial charge in [-0.3, -0.25) is 0 Å². The molecule has 0 spiro atoms. The lowest BCUT2D eigenvalue weighted by Gasteiger charge is -2.03. The van der Waals surface area contributed by atoms with Crippen LogP contribution in [0.5, 0.6) is 0 Å². The lowest BCUT2D eigenvalue weighted by atomic mass is 10.1. The first-order valence-corrected chi connectivity index (χ1v) is 3.42. The van der Waals surface area contributed by atoms with Crippen molar-refractivity contribution in [1.82, 2.24) is 0 Å². The zero-order valence-corrected chi connectivity index (χ0v) is 5.88. The number of hydrogen-bond acceptors (Lipinski definition) is 0. The Labute approximate surface area is 59.4 Å². The highest BCUT2D eigenvalue weighted by molar-refractivity contribution is 4.51. The van der Waals surface area contributed by atoms with Gasteiger partial charge in [-0.15, -0.1) is 0 Å². The van der Waals surface area contributed by atoms with Crippen molar-refractivity contribution in [2.45, 2.75) is 38.3 Å². The van der Waals surface area contributed by atoms with Gasteiger partial charge in [-0.25, -0.2) is 0 Å². The summed E-state index contributed by atoms with van der Waals surface area (Å²) in [6, 6.07) is 0. The van der Waals surface area contributed by atoms with Gasteiger partial charge in [0.2, 0.25) is 0 Å². The van der Waals surface area contributed by atoms with Crippen molar-refractivity contribution in [3.63, 3.8) is 0 Å². The summed E-state index contributed by atoms with van der Waals surface area (Å²) in [7, 11) is 0. The van der Waals surface area contributed by atoms with Crippen LogP contribution in [0.1, 0.15) is 32.1 Å². The quantitative estimate of drug-likeness (QED) is 0.543. The molecule has 0 heterocycles. The molecule has 3 heteroatoms. The van der Waals surface area contributed by atoms with E-state index >= 15 is 0 Å². The SMILES string of the molecule is [CH2]CCCCCC(F)(F)F. The highest BCUT2D eigenvalue weighted by atomic mass is 19.4. The maximum absolute atomic E-state index is 11.5. The molecule has 0 bridgehead atoms. The lowest BCUT2D eigenvalue weighted by molar-refractivity contribution is -0.135. The van der Waals surface area contributed by atoms with Crippen LogP contribution in [-0.2, 0) is 0 Å². The molecule has 0 rings (SSSR count). The molecule has 0 atom stereocenters. The average molecular weight is 153 g/mol. The molecular weight excluding hydrogens is 141 g/mol. The Morgan fingerprint density at radius 3 is 2.00 bits per heavy atom. The van der Waals surface area contributed by atoms with Gasteiger partial charge in [-0.05, 0) is 6.42 Å². The summed E-state index contributed by atoms with van der Waals surface area (Å²) in [5.74, 6) is 0. The van der Waals surface area contributed by atoms with E-state index in [1.165, 1.54) is 0 Å². The number of halogens is 3. The van der Waals surface area contributed by atoms with Gasteiger partial charge in [0.25, 0.3) is 0 Å². The van der Waals surface area contributed by atoms with Crippen LogP contribution in [0, 0.1) is 6.92 Å². The Hall–Kier alpha value is -0.210. The first kappa shape index (κ1) is 9.79. The summed E-state index contributed by atoms with van der Waals surface area (Å²) in [6.07, 6.45) is -2.19. The van der Waals surface area contributed by atoms with E-state index in [0.29, 0.717) is 6.42 Å². The fourth-order valence-corrected chi connectivity index (χ4v) is 0.679. The van der Waals surface area contributed by atoms with Gasteiger partial charge >= 0.3 is 6.18 Å². The van der Waals surface area contributed by atoms with Crippen LogP contribution in [0.25, 0.3) is 0 Å². The molecule has 0 N–H and O–H groups in total. The van der Waals surface area contributed by atoms with Crippen molar-refractivity contribution in [2.75, 3.05) is 0 Å². The van der Waals surface area contributed by atoms with Crippen molar-refractivity contribution in [1.29, 1.82) is 0 Å². The van der Waals surface area contributed by atoms with Crippen molar-refractivity contribution in [3.05, 3.63) is 6.92 Å². The molecule has 0 saturated carbocycles. The Kier molecular flexibility index (Phi) is 4.49. The van der Waals surface area contributed by atoms with Crippen LogP contribution in [0.3, 0.4) is 0 Å². The number of unbranched alkanes of at least 4 members (excludes halogenated alkanes) is 3. The minimum absolute atomic E-state index is 0.249. The molecule has 0 aliphatic carbocycles. The van der Waals surface area contributed by atoms with E-state index < -0.39 is 12.6 Å². The highest BCUT2D eigenvalue weighted by Crippen LogP contribution is 2.22. The molecule has 0 fully saturated rings. The molecule has 10 heavy (non-hydrogen) atoms. The standard InChI is InChI=1S/C7H12F3/c1-2-3-4-5-6-7(8,9)10/h1-6H2. The summed E-state index contributed by atoms with van der Waals surface area (Å²) in [5.41, 5.74) is 0. The average Bonchev–Trinajstić information content (AvgIpc) is 1.78. The molecule has 0 saturated heterocycles. The van der Waals surface area contributed by atoms with Crippen molar-refractivity contribution in [3.8, 4) is 0 Å². The van der Waals surface area contributed by atoms with Crippen LogP contribution in [0.2, 0.25) is 0 Å². The number of alkyl halides is 3. The molecule has 0 nitrogen and oxygen atoms in total. The fourth-order valence-electron chi connectivity index (χ4n) is 0.679. The molecular formula is C7H12F3. The van der Waals surface area contributed by atoms with E-state index in [-0.39, 0.29) is 6.42 Å². The largest absolute Gasteiger partial charge is 0.389 e. The van der Waals surface area contributed by atoms with E-state index in [9.17, 15) is 13.2 Å². The smallest absolute Gasteiger partial charge is 0.171 e. The summed E-state index contributed by atoms with van der Waals surface area (Å²) < 4.78 is 34.4. The van der Waals surface area contributed by atoms with E-state index in [4.69, 9.17) is 0 Å². The molecule has 0 aliphatic rings. The summed E-state index contributed by atoms with van der Waals surface area (Å²) in [4.78, 5) is 0. The Balaban J connectivity index is 3.04. The topological polar surface area (TPSA) is 0 Å². The molecule has 0 aromatic carbocycles. The zero-order chi connectivity index (χ0) is 8.04. The Morgan fingerprint density at radius 2 is 1.60 bits per heavy atom. The maximum atomic E-state index is 11.5. The third kappa shape index (κ3) is 7.79. The molecule has 0 unspecified atom stereocenters. The van der Waals surface area contributed by atoms with Gasteiger partial charge in [0, 0.05) is 6.42 Å². The third-order valence-corrected chi connectivity index (χ3v) is 1.21. The van der Waals surface area contributed by atoms with Gasteiger partial charge in [-0.2, -0.15) is 13.2 Å². The second kappa shape index (κ2) is 4.58. The van der Waals surface area contributed by atoms with E-state index in [2.05, 4.69) is 6.92 Å². The summed E-state index contributed by atoms with van der Waals surface area (Å²) in [5, 5.41) is 0. The first-order valence-electron chi connectivity index (χ1n) is 3.42. The van der Waals surface area contributed by atoms with Gasteiger partial charge in [0.05, 0.1) is 0 Å². The van der Waals surface area contributed by atoms with Gasteiger partial charge < -0.3 is 0 Å². The minimum Gasteiger partial charge on any atom is -0.171 e. The number of rotatable bonds is 4. The minimum atomic E-state index is -3.97. The number of hydrogen-bond donors (Lipinski definition) is 0. The molecule has 0 aliphatic heterocycles. The monoisotopic (exact) mass is 153 g/mol. The van der Waals surface area contributed by atoms with E-state index in [0.717, 1.165) is 12.8 Å². The fraction of sp³-hybridized carbons (Fsp3) is 0.857. The van der Waals surface area contributed by atoms with Gasteiger partial charge in [-0.1, -0.05) is 26.2 Å². The molecule has 0 aromatic rings. The molecule has 0 aromatic heterocycles. The molecule has 0 amide bonds. The predicted molar refractivity (Wildman–Crippen MR) is 34.5 cm³/mol.